The van der Waals surface area contributed by atoms with Gasteiger partial charge in [0, 0.05) is 12.5 Å². The molecule has 0 saturated carbocycles. The maximum absolute atomic E-state index is 11.4. The van der Waals surface area contributed by atoms with Crippen LogP contribution in [-0.2, 0) is 4.79 Å². The van der Waals surface area contributed by atoms with Gasteiger partial charge in [0.05, 0.1) is 0 Å². The Kier molecular flexibility index (Phi) is 5.69. The monoisotopic (exact) mass is 212 g/mol. The largest absolute Gasteiger partial charge is 0.356 e. The molecule has 0 aliphatic carbocycles. The molecule has 1 rings (SSSR count). The topological polar surface area (TPSA) is 32.3 Å². The van der Waals surface area contributed by atoms with Crippen molar-refractivity contribution in [3.63, 3.8) is 0 Å². The Hall–Kier alpha value is -0.570. The van der Waals surface area contributed by atoms with Gasteiger partial charge in [-0.1, -0.05) is 13.8 Å². The number of carbonyl (C=O) groups is 1. The maximum atomic E-state index is 11.4. The van der Waals surface area contributed by atoms with Gasteiger partial charge in [0.1, 0.15) is 0 Å². The second-order valence-electron chi connectivity index (χ2n) is 4.50. The molecule has 1 saturated heterocycles. The Labute approximate surface area is 93.2 Å². The van der Waals surface area contributed by atoms with Gasteiger partial charge in [-0.3, -0.25) is 4.79 Å². The molecule has 1 unspecified atom stereocenters. The predicted molar refractivity (Wildman–Crippen MR) is 62.8 cm³/mol. The zero-order valence-electron chi connectivity index (χ0n) is 10.1. The van der Waals surface area contributed by atoms with E-state index in [1.807, 2.05) is 6.92 Å². The zero-order valence-corrected chi connectivity index (χ0v) is 10.1. The van der Waals surface area contributed by atoms with Gasteiger partial charge < -0.3 is 10.2 Å². The Morgan fingerprint density at radius 3 is 2.67 bits per heavy atom. The highest BCUT2D eigenvalue weighted by Crippen LogP contribution is 2.07. The van der Waals surface area contributed by atoms with Crippen molar-refractivity contribution < 1.29 is 4.79 Å². The lowest BCUT2D eigenvalue weighted by molar-refractivity contribution is -0.124. The van der Waals surface area contributed by atoms with Crippen LogP contribution in [0.15, 0.2) is 0 Å². The van der Waals surface area contributed by atoms with Gasteiger partial charge in [0.15, 0.2) is 0 Å². The van der Waals surface area contributed by atoms with E-state index in [1.165, 1.54) is 25.9 Å². The first-order valence-corrected chi connectivity index (χ1v) is 6.24. The molecule has 0 aromatic carbocycles. The molecule has 0 radical (unpaired) electrons. The molecule has 15 heavy (non-hydrogen) atoms. The fraction of sp³-hybridized carbons (Fsp3) is 0.917. The van der Waals surface area contributed by atoms with Crippen LogP contribution in [0.2, 0.25) is 0 Å². The van der Waals surface area contributed by atoms with E-state index in [0.29, 0.717) is 0 Å². The second-order valence-corrected chi connectivity index (χ2v) is 4.50. The van der Waals surface area contributed by atoms with Crippen molar-refractivity contribution in [3.8, 4) is 0 Å². The second kappa shape index (κ2) is 6.83. The lowest BCUT2D eigenvalue weighted by Gasteiger charge is -2.15. The molecule has 88 valence electrons. The standard InChI is InChI=1S/C12H24N2O/c1-3-11(2)12(15)13-7-6-10-14-8-4-5-9-14/h11H,3-10H2,1-2H3,(H,13,15). The number of carbonyl (C=O) groups excluding carboxylic acids is 1. The summed E-state index contributed by atoms with van der Waals surface area (Å²) in [6, 6.07) is 0. The van der Waals surface area contributed by atoms with Crippen LogP contribution in [0.25, 0.3) is 0 Å². The van der Waals surface area contributed by atoms with Crippen LogP contribution in [0.5, 0.6) is 0 Å². The maximum Gasteiger partial charge on any atom is 0.222 e. The first-order chi connectivity index (χ1) is 7.24. The summed E-state index contributed by atoms with van der Waals surface area (Å²) in [7, 11) is 0. The van der Waals surface area contributed by atoms with E-state index in [4.69, 9.17) is 0 Å². The Bertz CT molecular complexity index is 188. The average Bonchev–Trinajstić information content (AvgIpc) is 2.75. The summed E-state index contributed by atoms with van der Waals surface area (Å²) >= 11 is 0. The fourth-order valence-electron chi connectivity index (χ4n) is 1.88. The summed E-state index contributed by atoms with van der Waals surface area (Å²) in [6.07, 6.45) is 4.71. The molecule has 1 fully saturated rings. The Balaban J connectivity index is 1.98. The number of rotatable bonds is 6. The molecule has 0 aromatic rings. The average molecular weight is 212 g/mol. The Morgan fingerprint density at radius 2 is 2.07 bits per heavy atom. The molecule has 0 bridgehead atoms. The van der Waals surface area contributed by atoms with Crippen molar-refractivity contribution in [1.29, 1.82) is 0 Å². The van der Waals surface area contributed by atoms with Crippen LogP contribution in [-0.4, -0.2) is 37.0 Å². The molecule has 1 amide bonds. The summed E-state index contributed by atoms with van der Waals surface area (Å²) in [5.41, 5.74) is 0. The summed E-state index contributed by atoms with van der Waals surface area (Å²) < 4.78 is 0. The smallest absolute Gasteiger partial charge is 0.222 e. The van der Waals surface area contributed by atoms with E-state index < -0.39 is 0 Å². The minimum Gasteiger partial charge on any atom is -0.356 e. The minimum atomic E-state index is 0.164. The van der Waals surface area contributed by atoms with Crippen LogP contribution >= 0.6 is 0 Å². The molecule has 0 aromatic heterocycles. The third-order valence-corrected chi connectivity index (χ3v) is 3.21. The van der Waals surface area contributed by atoms with E-state index in [-0.39, 0.29) is 11.8 Å². The van der Waals surface area contributed by atoms with E-state index >= 15 is 0 Å². The van der Waals surface area contributed by atoms with E-state index in [0.717, 1.165) is 25.9 Å². The van der Waals surface area contributed by atoms with Crippen molar-refractivity contribution in [2.75, 3.05) is 26.2 Å². The van der Waals surface area contributed by atoms with Gasteiger partial charge in [-0.15, -0.1) is 0 Å². The number of hydrogen-bond donors (Lipinski definition) is 1. The van der Waals surface area contributed by atoms with Gasteiger partial charge in [0.2, 0.25) is 5.91 Å². The number of nitrogens with one attached hydrogen (secondary N) is 1. The molecule has 1 aliphatic rings. The summed E-state index contributed by atoms with van der Waals surface area (Å²) in [5, 5.41) is 2.99. The molecule has 1 heterocycles. The van der Waals surface area contributed by atoms with Crippen LogP contribution in [0.3, 0.4) is 0 Å². The van der Waals surface area contributed by atoms with Crippen molar-refractivity contribution in [3.05, 3.63) is 0 Å². The highest BCUT2D eigenvalue weighted by Gasteiger charge is 2.11. The third kappa shape index (κ3) is 4.65. The minimum absolute atomic E-state index is 0.164. The van der Waals surface area contributed by atoms with Gasteiger partial charge in [-0.05, 0) is 45.3 Å². The first-order valence-electron chi connectivity index (χ1n) is 6.24. The van der Waals surface area contributed by atoms with Gasteiger partial charge >= 0.3 is 0 Å². The molecule has 3 heteroatoms. The number of amides is 1. The molecular formula is C12H24N2O. The number of nitrogens with zero attached hydrogens (tertiary/aromatic N) is 1. The predicted octanol–water partition coefficient (Wildman–Crippen LogP) is 1.63. The van der Waals surface area contributed by atoms with Gasteiger partial charge in [-0.25, -0.2) is 0 Å². The lowest BCUT2D eigenvalue weighted by Crippen LogP contribution is -2.31. The Morgan fingerprint density at radius 1 is 1.40 bits per heavy atom. The molecule has 3 nitrogen and oxygen atoms in total. The quantitative estimate of drug-likeness (QED) is 0.679. The normalized spacial score (nSPS) is 19.1. The van der Waals surface area contributed by atoms with E-state index in [9.17, 15) is 4.79 Å². The molecule has 1 aliphatic heterocycles. The summed E-state index contributed by atoms with van der Waals surface area (Å²) in [4.78, 5) is 13.9. The van der Waals surface area contributed by atoms with Crippen molar-refractivity contribution in [2.45, 2.75) is 39.5 Å². The van der Waals surface area contributed by atoms with Crippen molar-refractivity contribution in [1.82, 2.24) is 10.2 Å². The molecule has 1 atom stereocenters. The van der Waals surface area contributed by atoms with Crippen molar-refractivity contribution in [2.24, 2.45) is 5.92 Å². The number of hydrogen-bond acceptors (Lipinski definition) is 2. The third-order valence-electron chi connectivity index (χ3n) is 3.21. The first kappa shape index (κ1) is 12.5. The highest BCUT2D eigenvalue weighted by atomic mass is 16.1. The summed E-state index contributed by atoms with van der Waals surface area (Å²) in [5.74, 6) is 0.371. The highest BCUT2D eigenvalue weighted by molar-refractivity contribution is 5.78. The fourth-order valence-corrected chi connectivity index (χ4v) is 1.88. The SMILES string of the molecule is CCC(C)C(=O)NCCCN1CCCC1. The van der Waals surface area contributed by atoms with Crippen LogP contribution in [0, 0.1) is 5.92 Å². The lowest BCUT2D eigenvalue weighted by atomic mass is 10.1. The molecule has 1 N–H and O–H groups in total. The van der Waals surface area contributed by atoms with E-state index in [2.05, 4.69) is 17.1 Å². The van der Waals surface area contributed by atoms with Crippen molar-refractivity contribution >= 4 is 5.91 Å². The zero-order chi connectivity index (χ0) is 11.1. The molecule has 0 spiro atoms. The molecular weight excluding hydrogens is 188 g/mol. The van der Waals surface area contributed by atoms with Gasteiger partial charge in [0.25, 0.3) is 0 Å². The summed E-state index contributed by atoms with van der Waals surface area (Å²) in [6.45, 7) is 8.50. The van der Waals surface area contributed by atoms with Crippen LogP contribution in [0.1, 0.15) is 39.5 Å². The van der Waals surface area contributed by atoms with Crippen LogP contribution < -0.4 is 5.32 Å². The van der Waals surface area contributed by atoms with E-state index in [1.54, 1.807) is 0 Å². The van der Waals surface area contributed by atoms with Gasteiger partial charge in [-0.2, -0.15) is 0 Å². The number of likely N-dealkylation sites (tertiary alicyclic amines) is 1. The van der Waals surface area contributed by atoms with Crippen LogP contribution in [0.4, 0.5) is 0 Å².